The molecule has 3 aliphatic rings. The number of carbonyl (C=O) groups excluding carboxylic acids is 1. The lowest BCUT2D eigenvalue weighted by molar-refractivity contribution is -0.133. The van der Waals surface area contributed by atoms with E-state index in [1.54, 1.807) is 0 Å². The van der Waals surface area contributed by atoms with Crippen LogP contribution in [0.2, 0.25) is 0 Å². The van der Waals surface area contributed by atoms with Gasteiger partial charge in [-0.15, -0.1) is 12.4 Å². The molecule has 27 heavy (non-hydrogen) atoms. The number of amides is 1. The Hall–Kier alpha value is -1.58. The van der Waals surface area contributed by atoms with Crippen LogP contribution in [-0.4, -0.2) is 36.5 Å². The van der Waals surface area contributed by atoms with Gasteiger partial charge in [-0.3, -0.25) is 4.79 Å². The van der Waals surface area contributed by atoms with Gasteiger partial charge in [0.1, 0.15) is 0 Å². The molecule has 2 aromatic rings. The van der Waals surface area contributed by atoms with Crippen LogP contribution in [0.15, 0.2) is 42.5 Å². The summed E-state index contributed by atoms with van der Waals surface area (Å²) in [6, 6.07) is 15.8. The molecule has 1 amide bonds. The lowest BCUT2D eigenvalue weighted by Crippen LogP contribution is -2.46. The molecule has 2 saturated carbocycles. The summed E-state index contributed by atoms with van der Waals surface area (Å²) in [6.45, 7) is 3.05. The van der Waals surface area contributed by atoms with Gasteiger partial charge in [0.2, 0.25) is 5.91 Å². The molecule has 3 nitrogen and oxygen atoms in total. The van der Waals surface area contributed by atoms with E-state index in [2.05, 4.69) is 52.7 Å². The molecular weight excluding hydrogens is 356 g/mol. The highest BCUT2D eigenvalue weighted by Gasteiger charge is 2.46. The van der Waals surface area contributed by atoms with E-state index in [1.807, 2.05) is 0 Å². The average Bonchev–Trinajstić information content (AvgIpc) is 3.60. The third kappa shape index (κ3) is 4.14. The van der Waals surface area contributed by atoms with E-state index in [1.165, 1.54) is 35.7 Å². The van der Waals surface area contributed by atoms with Crippen LogP contribution in [0.3, 0.4) is 0 Å². The standard InChI is InChI=1S/C23H28N2O.ClH/c26-23(25-11-9-20(10-12-25)24-15-16-5-6-16)22-14-21(22)19-8-7-17-3-1-2-4-18(17)13-19;/h1-4,7-8,13,16,20-22,24H,5-6,9-12,14-15H2;1H. The molecule has 2 aliphatic carbocycles. The van der Waals surface area contributed by atoms with Crippen LogP contribution in [0.4, 0.5) is 0 Å². The summed E-state index contributed by atoms with van der Waals surface area (Å²) in [6.07, 6.45) is 6.07. The van der Waals surface area contributed by atoms with Crippen LogP contribution in [0.1, 0.15) is 43.6 Å². The van der Waals surface area contributed by atoms with Gasteiger partial charge in [-0.25, -0.2) is 0 Å². The van der Waals surface area contributed by atoms with E-state index in [0.717, 1.165) is 38.3 Å². The van der Waals surface area contributed by atoms with Crippen molar-refractivity contribution in [1.29, 1.82) is 0 Å². The number of likely N-dealkylation sites (tertiary alicyclic amines) is 1. The molecule has 144 valence electrons. The van der Waals surface area contributed by atoms with Gasteiger partial charge in [-0.1, -0.05) is 42.5 Å². The maximum atomic E-state index is 12.9. The Morgan fingerprint density at radius 2 is 1.74 bits per heavy atom. The number of benzene rings is 2. The van der Waals surface area contributed by atoms with E-state index in [-0.39, 0.29) is 18.3 Å². The molecule has 5 rings (SSSR count). The van der Waals surface area contributed by atoms with Crippen molar-refractivity contribution >= 4 is 29.1 Å². The van der Waals surface area contributed by atoms with E-state index in [0.29, 0.717) is 17.9 Å². The molecule has 1 N–H and O–H groups in total. The molecule has 0 spiro atoms. The number of hydrogen-bond donors (Lipinski definition) is 1. The number of halogens is 1. The molecule has 1 heterocycles. The Balaban J connectivity index is 0.00000180. The molecule has 1 aliphatic heterocycles. The monoisotopic (exact) mass is 384 g/mol. The van der Waals surface area contributed by atoms with Gasteiger partial charge < -0.3 is 10.2 Å². The lowest BCUT2D eigenvalue weighted by atomic mass is 10.0. The highest BCUT2D eigenvalue weighted by atomic mass is 35.5. The van der Waals surface area contributed by atoms with Crippen LogP contribution < -0.4 is 5.32 Å². The molecule has 3 fully saturated rings. The topological polar surface area (TPSA) is 32.3 Å². The normalized spacial score (nSPS) is 25.3. The van der Waals surface area contributed by atoms with E-state index >= 15 is 0 Å². The quantitative estimate of drug-likeness (QED) is 0.830. The van der Waals surface area contributed by atoms with Crippen LogP contribution in [-0.2, 0) is 4.79 Å². The zero-order valence-electron chi connectivity index (χ0n) is 15.8. The predicted octanol–water partition coefficient (Wildman–Crippen LogP) is 4.36. The molecular formula is C23H29ClN2O. The summed E-state index contributed by atoms with van der Waals surface area (Å²) in [4.78, 5) is 15.0. The summed E-state index contributed by atoms with van der Waals surface area (Å²) in [7, 11) is 0. The third-order valence-corrected chi connectivity index (χ3v) is 6.51. The second kappa shape index (κ2) is 7.81. The number of nitrogens with one attached hydrogen (secondary N) is 1. The molecule has 4 heteroatoms. The van der Waals surface area contributed by atoms with E-state index < -0.39 is 0 Å². The first-order valence-electron chi connectivity index (χ1n) is 10.3. The highest BCUT2D eigenvalue weighted by molar-refractivity contribution is 5.86. The van der Waals surface area contributed by atoms with Crippen LogP contribution in [0.5, 0.6) is 0 Å². The zero-order chi connectivity index (χ0) is 17.5. The van der Waals surface area contributed by atoms with Crippen molar-refractivity contribution in [2.75, 3.05) is 19.6 Å². The predicted molar refractivity (Wildman–Crippen MR) is 112 cm³/mol. The Morgan fingerprint density at radius 1 is 1.00 bits per heavy atom. The van der Waals surface area contributed by atoms with Gasteiger partial charge in [0.05, 0.1) is 0 Å². The SMILES string of the molecule is Cl.O=C(C1CC1c1ccc2ccccc2c1)N1CCC(NCC2CC2)CC1. The highest BCUT2D eigenvalue weighted by Crippen LogP contribution is 2.49. The zero-order valence-corrected chi connectivity index (χ0v) is 16.6. The molecule has 2 atom stereocenters. The van der Waals surface area contributed by atoms with Crippen molar-refractivity contribution < 1.29 is 4.79 Å². The maximum absolute atomic E-state index is 12.9. The minimum absolute atomic E-state index is 0. The van der Waals surface area contributed by atoms with Crippen LogP contribution in [0.25, 0.3) is 10.8 Å². The first kappa shape index (κ1) is 18.8. The number of rotatable bonds is 5. The second-order valence-electron chi connectivity index (χ2n) is 8.51. The first-order chi connectivity index (χ1) is 12.8. The summed E-state index contributed by atoms with van der Waals surface area (Å²) >= 11 is 0. The largest absolute Gasteiger partial charge is 0.342 e. The smallest absolute Gasteiger partial charge is 0.226 e. The Labute approximate surface area is 167 Å². The first-order valence-corrected chi connectivity index (χ1v) is 10.3. The molecule has 0 radical (unpaired) electrons. The molecule has 0 bridgehead atoms. The van der Waals surface area contributed by atoms with Gasteiger partial charge in [0.25, 0.3) is 0 Å². The number of carbonyl (C=O) groups is 1. The summed E-state index contributed by atoms with van der Waals surface area (Å²) in [5, 5.41) is 6.26. The minimum Gasteiger partial charge on any atom is -0.342 e. The Bertz CT molecular complexity index is 811. The molecule has 2 aromatic carbocycles. The Kier molecular flexibility index (Phi) is 5.43. The van der Waals surface area contributed by atoms with Gasteiger partial charge in [0, 0.05) is 25.0 Å². The number of hydrogen-bond acceptors (Lipinski definition) is 2. The van der Waals surface area contributed by atoms with Crippen LogP contribution in [0, 0.1) is 11.8 Å². The van der Waals surface area contributed by atoms with Gasteiger partial charge >= 0.3 is 0 Å². The lowest BCUT2D eigenvalue weighted by Gasteiger charge is -2.33. The van der Waals surface area contributed by atoms with Crippen molar-refractivity contribution in [2.24, 2.45) is 11.8 Å². The third-order valence-electron chi connectivity index (χ3n) is 6.51. The van der Waals surface area contributed by atoms with Gasteiger partial charge in [-0.05, 0) is 66.8 Å². The van der Waals surface area contributed by atoms with Crippen molar-refractivity contribution in [3.05, 3.63) is 48.0 Å². The molecule has 1 saturated heterocycles. The van der Waals surface area contributed by atoms with E-state index in [4.69, 9.17) is 0 Å². The molecule has 2 unspecified atom stereocenters. The van der Waals surface area contributed by atoms with Crippen molar-refractivity contribution in [3.8, 4) is 0 Å². The van der Waals surface area contributed by atoms with Gasteiger partial charge in [0.15, 0.2) is 0 Å². The number of nitrogens with zero attached hydrogens (tertiary/aromatic N) is 1. The maximum Gasteiger partial charge on any atom is 0.226 e. The van der Waals surface area contributed by atoms with E-state index in [9.17, 15) is 4.79 Å². The summed E-state index contributed by atoms with van der Waals surface area (Å²) < 4.78 is 0. The minimum atomic E-state index is 0. The fourth-order valence-electron chi connectivity index (χ4n) is 4.47. The fraction of sp³-hybridized carbons (Fsp3) is 0.522. The fourth-order valence-corrected chi connectivity index (χ4v) is 4.47. The Morgan fingerprint density at radius 3 is 2.48 bits per heavy atom. The van der Waals surface area contributed by atoms with Crippen molar-refractivity contribution in [3.63, 3.8) is 0 Å². The number of piperidine rings is 1. The average molecular weight is 385 g/mol. The van der Waals surface area contributed by atoms with Crippen molar-refractivity contribution in [2.45, 2.75) is 44.1 Å². The number of fused-ring (bicyclic) bond motifs is 1. The van der Waals surface area contributed by atoms with Crippen LogP contribution >= 0.6 is 12.4 Å². The van der Waals surface area contributed by atoms with Gasteiger partial charge in [-0.2, -0.15) is 0 Å². The second-order valence-corrected chi connectivity index (χ2v) is 8.51. The van der Waals surface area contributed by atoms with Crippen molar-refractivity contribution in [1.82, 2.24) is 10.2 Å². The molecule has 0 aromatic heterocycles. The summed E-state index contributed by atoms with van der Waals surface area (Å²) in [5.74, 6) is 1.97. The summed E-state index contributed by atoms with van der Waals surface area (Å²) in [5.41, 5.74) is 1.34.